The van der Waals surface area contributed by atoms with E-state index in [9.17, 15) is 10.2 Å². The van der Waals surface area contributed by atoms with Crippen LogP contribution in [0.25, 0.3) is 0 Å². The van der Waals surface area contributed by atoms with Crippen LogP contribution in [-0.2, 0) is 0 Å². The van der Waals surface area contributed by atoms with Gasteiger partial charge in [0.25, 0.3) is 0 Å². The predicted molar refractivity (Wildman–Crippen MR) is 55.9 cm³/mol. The highest BCUT2D eigenvalue weighted by atomic mass is 16.3. The molecule has 0 aromatic rings. The first kappa shape index (κ1) is 10.2. The molecule has 2 aliphatic rings. The highest BCUT2D eigenvalue weighted by molar-refractivity contribution is 5.13. The molecule has 0 amide bonds. The van der Waals surface area contributed by atoms with Gasteiger partial charge in [0.15, 0.2) is 0 Å². The largest absolute Gasteiger partial charge is 0.396 e. The van der Waals surface area contributed by atoms with Crippen molar-refractivity contribution < 1.29 is 10.2 Å². The van der Waals surface area contributed by atoms with Gasteiger partial charge in [-0.1, -0.05) is 25.5 Å². The van der Waals surface area contributed by atoms with Crippen molar-refractivity contribution in [2.45, 2.75) is 44.6 Å². The van der Waals surface area contributed by atoms with E-state index in [1.807, 2.05) is 0 Å². The molecule has 2 heteroatoms. The zero-order chi connectivity index (χ0) is 10.2. The molecule has 3 atom stereocenters. The average Bonchev–Trinajstić information content (AvgIpc) is 2.17. The topological polar surface area (TPSA) is 40.5 Å². The molecule has 2 rings (SSSR count). The molecule has 80 valence electrons. The van der Waals surface area contributed by atoms with E-state index in [0.29, 0.717) is 6.42 Å². The quantitative estimate of drug-likeness (QED) is 0.628. The van der Waals surface area contributed by atoms with E-state index in [0.717, 1.165) is 25.7 Å². The van der Waals surface area contributed by atoms with Crippen LogP contribution in [0, 0.1) is 11.3 Å². The predicted octanol–water partition coefficient (Wildman–Crippen LogP) is 1.87. The smallest absolute Gasteiger partial charge is 0.0788 e. The zero-order valence-electron chi connectivity index (χ0n) is 8.87. The summed E-state index contributed by atoms with van der Waals surface area (Å²) in [4.78, 5) is 0. The molecule has 2 N–H and O–H groups in total. The highest BCUT2D eigenvalue weighted by Crippen LogP contribution is 2.53. The van der Waals surface area contributed by atoms with Crippen molar-refractivity contribution >= 4 is 0 Å². The summed E-state index contributed by atoms with van der Waals surface area (Å²) >= 11 is 0. The van der Waals surface area contributed by atoms with Crippen molar-refractivity contribution in [2.75, 3.05) is 6.61 Å². The van der Waals surface area contributed by atoms with E-state index in [2.05, 4.69) is 19.1 Å². The Balaban J connectivity index is 2.32. The van der Waals surface area contributed by atoms with E-state index in [1.54, 1.807) is 0 Å². The molecule has 0 saturated heterocycles. The van der Waals surface area contributed by atoms with Crippen molar-refractivity contribution in [3.63, 3.8) is 0 Å². The minimum absolute atomic E-state index is 0.00655. The first-order valence-electron chi connectivity index (χ1n) is 5.61. The first-order valence-corrected chi connectivity index (χ1v) is 5.61. The molecule has 0 spiro atoms. The lowest BCUT2D eigenvalue weighted by Crippen LogP contribution is -2.56. The van der Waals surface area contributed by atoms with Crippen LogP contribution >= 0.6 is 0 Å². The Morgan fingerprint density at radius 2 is 2.07 bits per heavy atom. The molecule has 1 saturated carbocycles. The summed E-state index contributed by atoms with van der Waals surface area (Å²) in [7, 11) is 0. The Morgan fingerprint density at radius 3 is 2.79 bits per heavy atom. The lowest BCUT2D eigenvalue weighted by Gasteiger charge is -2.54. The molecule has 0 aliphatic heterocycles. The lowest BCUT2D eigenvalue weighted by atomic mass is 9.55. The maximum Gasteiger partial charge on any atom is 0.0788 e. The molecular weight excluding hydrogens is 176 g/mol. The average molecular weight is 196 g/mol. The van der Waals surface area contributed by atoms with Crippen LogP contribution in [0.15, 0.2) is 12.2 Å². The summed E-state index contributed by atoms with van der Waals surface area (Å²) in [6, 6.07) is 0. The number of allylic oxidation sites excluding steroid dienone is 1. The Hall–Kier alpha value is -0.340. The molecule has 2 nitrogen and oxygen atoms in total. The van der Waals surface area contributed by atoms with Crippen molar-refractivity contribution in [2.24, 2.45) is 11.3 Å². The van der Waals surface area contributed by atoms with Crippen LogP contribution in [-0.4, -0.2) is 22.4 Å². The Morgan fingerprint density at radius 1 is 1.36 bits per heavy atom. The molecule has 2 aliphatic carbocycles. The molecule has 14 heavy (non-hydrogen) atoms. The molecule has 0 aromatic heterocycles. The van der Waals surface area contributed by atoms with Crippen LogP contribution < -0.4 is 0 Å². The third-order valence-electron chi connectivity index (χ3n) is 4.39. The van der Waals surface area contributed by atoms with Crippen molar-refractivity contribution in [1.29, 1.82) is 0 Å². The van der Waals surface area contributed by atoms with E-state index in [-0.39, 0.29) is 17.9 Å². The van der Waals surface area contributed by atoms with Crippen molar-refractivity contribution in [3.05, 3.63) is 12.2 Å². The van der Waals surface area contributed by atoms with Crippen LogP contribution in [0.1, 0.15) is 39.0 Å². The van der Waals surface area contributed by atoms with Crippen molar-refractivity contribution in [1.82, 2.24) is 0 Å². The SMILES string of the molecule is C[C@@]12CC=CC[C@@]1(O)[C@H](CO)CCC2. The van der Waals surface area contributed by atoms with Gasteiger partial charge in [-0.05, 0) is 25.7 Å². The van der Waals surface area contributed by atoms with Gasteiger partial charge in [-0.2, -0.15) is 0 Å². The molecule has 0 aromatic carbocycles. The van der Waals surface area contributed by atoms with Gasteiger partial charge < -0.3 is 10.2 Å². The minimum atomic E-state index is -0.658. The minimum Gasteiger partial charge on any atom is -0.396 e. The number of hydrogen-bond acceptors (Lipinski definition) is 2. The summed E-state index contributed by atoms with van der Waals surface area (Å²) in [5, 5.41) is 20.0. The van der Waals surface area contributed by atoms with Crippen LogP contribution in [0.4, 0.5) is 0 Å². The third kappa shape index (κ3) is 1.24. The standard InChI is InChI=1S/C12H20O2/c1-11-6-2-3-8-12(11,14)10(9-13)5-4-7-11/h2-3,10,13-14H,4-9H2,1H3/t10-,11-,12+/m0/s1. The van der Waals surface area contributed by atoms with E-state index in [4.69, 9.17) is 0 Å². The van der Waals surface area contributed by atoms with Gasteiger partial charge in [0.2, 0.25) is 0 Å². The number of fused-ring (bicyclic) bond motifs is 1. The molecule has 0 radical (unpaired) electrons. The van der Waals surface area contributed by atoms with Crippen LogP contribution in [0.5, 0.6) is 0 Å². The summed E-state index contributed by atoms with van der Waals surface area (Å²) in [6.45, 7) is 2.29. The number of hydrogen-bond donors (Lipinski definition) is 2. The molecule has 0 bridgehead atoms. The molecule has 1 fully saturated rings. The van der Waals surface area contributed by atoms with Gasteiger partial charge in [-0.25, -0.2) is 0 Å². The van der Waals surface area contributed by atoms with Gasteiger partial charge in [-0.15, -0.1) is 0 Å². The monoisotopic (exact) mass is 196 g/mol. The summed E-state index contributed by atoms with van der Waals surface area (Å²) in [5.74, 6) is 0.0752. The second kappa shape index (κ2) is 3.35. The summed E-state index contributed by atoms with van der Waals surface area (Å²) in [5.41, 5.74) is -0.665. The van der Waals surface area contributed by atoms with Crippen LogP contribution in [0.3, 0.4) is 0 Å². The Bertz CT molecular complexity index is 249. The summed E-state index contributed by atoms with van der Waals surface area (Å²) in [6.07, 6.45) is 9.11. The Labute approximate surface area is 85.6 Å². The fourth-order valence-electron chi connectivity index (χ4n) is 3.23. The first-order chi connectivity index (χ1) is 6.62. The Kier molecular flexibility index (Phi) is 2.44. The molecule has 0 unspecified atom stereocenters. The number of rotatable bonds is 1. The lowest BCUT2D eigenvalue weighted by molar-refractivity contribution is -0.157. The molecule has 0 heterocycles. The fourth-order valence-corrected chi connectivity index (χ4v) is 3.23. The number of aliphatic hydroxyl groups is 2. The zero-order valence-corrected chi connectivity index (χ0v) is 8.87. The highest BCUT2D eigenvalue weighted by Gasteiger charge is 2.53. The fraction of sp³-hybridized carbons (Fsp3) is 0.833. The van der Waals surface area contributed by atoms with Gasteiger partial charge in [-0.3, -0.25) is 0 Å². The van der Waals surface area contributed by atoms with Gasteiger partial charge in [0.1, 0.15) is 0 Å². The van der Waals surface area contributed by atoms with E-state index >= 15 is 0 Å². The van der Waals surface area contributed by atoms with Gasteiger partial charge in [0.05, 0.1) is 5.60 Å². The molecular formula is C12H20O2. The second-order valence-corrected chi connectivity index (χ2v) is 5.14. The van der Waals surface area contributed by atoms with E-state index < -0.39 is 5.60 Å². The maximum absolute atomic E-state index is 10.7. The number of aliphatic hydroxyl groups excluding tert-OH is 1. The van der Waals surface area contributed by atoms with Gasteiger partial charge >= 0.3 is 0 Å². The second-order valence-electron chi connectivity index (χ2n) is 5.14. The summed E-state index contributed by atoms with van der Waals surface area (Å²) < 4.78 is 0. The maximum atomic E-state index is 10.7. The van der Waals surface area contributed by atoms with Crippen molar-refractivity contribution in [3.8, 4) is 0 Å². The third-order valence-corrected chi connectivity index (χ3v) is 4.39. The van der Waals surface area contributed by atoms with Crippen LogP contribution in [0.2, 0.25) is 0 Å². The normalized spacial score (nSPS) is 47.5. The van der Waals surface area contributed by atoms with Gasteiger partial charge in [0, 0.05) is 17.9 Å². The van der Waals surface area contributed by atoms with E-state index in [1.165, 1.54) is 0 Å².